The smallest absolute Gasteiger partial charge is 0.192 e. The molecule has 0 rings (SSSR count). The van der Waals surface area contributed by atoms with Crippen molar-refractivity contribution >= 4 is 16.6 Å². The Bertz CT molecular complexity index is 433. The quantitative estimate of drug-likeness (QED) is 0.169. The Kier molecular flexibility index (Phi) is 14.0. The van der Waals surface area contributed by atoms with Crippen molar-refractivity contribution in [2.45, 2.75) is 161 Å². The van der Waals surface area contributed by atoms with Crippen molar-refractivity contribution in [1.82, 2.24) is 0 Å². The Labute approximate surface area is 193 Å². The zero-order chi connectivity index (χ0) is 23.5. The molecule has 0 aliphatic heterocycles. The molecule has 0 aromatic heterocycles. The minimum absolute atomic E-state index is 0.268. The average Bonchev–Trinajstić information content (AvgIpc) is 2.57. The lowest BCUT2D eigenvalue weighted by Gasteiger charge is -2.40. The molecular formula is C26H58O2Si2. The molecule has 0 saturated carbocycles. The van der Waals surface area contributed by atoms with Gasteiger partial charge in [-0.05, 0) is 49.1 Å². The van der Waals surface area contributed by atoms with Crippen molar-refractivity contribution in [2.75, 3.05) is 6.61 Å². The number of rotatable bonds is 16. The summed E-state index contributed by atoms with van der Waals surface area (Å²) < 4.78 is 13.3. The summed E-state index contributed by atoms with van der Waals surface area (Å²) in [6.45, 7) is 26.7. The third-order valence-corrected chi connectivity index (χ3v) is 16.7. The summed E-state index contributed by atoms with van der Waals surface area (Å²) in [5.41, 5.74) is 0. The van der Waals surface area contributed by atoms with Gasteiger partial charge in [-0.15, -0.1) is 0 Å². The van der Waals surface area contributed by atoms with Gasteiger partial charge in [-0.1, -0.05) is 106 Å². The summed E-state index contributed by atoms with van der Waals surface area (Å²) in [7, 11) is -3.41. The summed E-state index contributed by atoms with van der Waals surface area (Å²) in [5.74, 6) is 0. The second-order valence-electron chi connectivity index (χ2n) is 12.5. The Morgan fingerprint density at radius 2 is 1.03 bits per heavy atom. The Hall–Kier alpha value is 0.354. The van der Waals surface area contributed by atoms with E-state index >= 15 is 0 Å². The number of unbranched alkanes of at least 4 members (excludes halogenated alkanes) is 8. The van der Waals surface area contributed by atoms with Crippen molar-refractivity contribution in [3.8, 4) is 0 Å². The van der Waals surface area contributed by atoms with E-state index in [1.807, 2.05) is 0 Å². The highest BCUT2D eigenvalue weighted by atomic mass is 28.4. The second-order valence-corrected chi connectivity index (χ2v) is 22.1. The van der Waals surface area contributed by atoms with Gasteiger partial charge in [-0.3, -0.25) is 0 Å². The third kappa shape index (κ3) is 12.4. The fourth-order valence-electron chi connectivity index (χ4n) is 3.20. The maximum atomic E-state index is 6.85. The van der Waals surface area contributed by atoms with Gasteiger partial charge in [0.2, 0.25) is 0 Å². The molecule has 4 heteroatoms. The van der Waals surface area contributed by atoms with Crippen LogP contribution in [0.2, 0.25) is 36.3 Å². The minimum atomic E-state index is -1.74. The summed E-state index contributed by atoms with van der Waals surface area (Å²) >= 11 is 0. The van der Waals surface area contributed by atoms with Gasteiger partial charge >= 0.3 is 0 Å². The van der Waals surface area contributed by atoms with Crippen LogP contribution in [-0.2, 0) is 8.85 Å². The van der Waals surface area contributed by atoms with E-state index in [0.29, 0.717) is 6.10 Å². The van der Waals surface area contributed by atoms with Crippen LogP contribution in [0.4, 0.5) is 0 Å². The highest BCUT2D eigenvalue weighted by Gasteiger charge is 2.40. The first-order chi connectivity index (χ1) is 13.6. The van der Waals surface area contributed by atoms with Crippen LogP contribution in [0.1, 0.15) is 119 Å². The molecule has 0 fully saturated rings. The van der Waals surface area contributed by atoms with Gasteiger partial charge in [0.1, 0.15) is 0 Å². The molecule has 0 N–H and O–H groups in total. The monoisotopic (exact) mass is 458 g/mol. The molecule has 2 nitrogen and oxygen atoms in total. The van der Waals surface area contributed by atoms with Gasteiger partial charge in [-0.25, -0.2) is 0 Å². The van der Waals surface area contributed by atoms with E-state index in [4.69, 9.17) is 8.85 Å². The van der Waals surface area contributed by atoms with Crippen LogP contribution in [-0.4, -0.2) is 29.3 Å². The summed E-state index contributed by atoms with van der Waals surface area (Å²) in [4.78, 5) is 0. The first-order valence-corrected chi connectivity index (χ1v) is 18.8. The number of hydrogen-bond donors (Lipinski definition) is 0. The lowest BCUT2D eigenvalue weighted by molar-refractivity contribution is 0.131. The topological polar surface area (TPSA) is 18.5 Å². The lowest BCUT2D eigenvalue weighted by atomic mass is 10.0. The van der Waals surface area contributed by atoms with E-state index in [0.717, 1.165) is 13.0 Å². The Balaban J connectivity index is 4.53. The Morgan fingerprint density at radius 3 is 1.47 bits per heavy atom. The Morgan fingerprint density at radius 1 is 0.600 bits per heavy atom. The molecule has 0 aliphatic carbocycles. The maximum Gasteiger partial charge on any atom is 0.192 e. The third-order valence-electron chi connectivity index (χ3n) is 7.61. The zero-order valence-corrected chi connectivity index (χ0v) is 24.9. The van der Waals surface area contributed by atoms with Crippen molar-refractivity contribution in [2.24, 2.45) is 0 Å². The minimum Gasteiger partial charge on any atom is -0.417 e. The van der Waals surface area contributed by atoms with Crippen molar-refractivity contribution in [3.05, 3.63) is 0 Å². The van der Waals surface area contributed by atoms with Gasteiger partial charge in [0.05, 0.1) is 0 Å². The van der Waals surface area contributed by atoms with Crippen LogP contribution < -0.4 is 0 Å². The molecule has 0 bridgehead atoms. The van der Waals surface area contributed by atoms with Crippen LogP contribution in [0.5, 0.6) is 0 Å². The average molecular weight is 459 g/mol. The molecule has 0 radical (unpaired) electrons. The molecule has 0 heterocycles. The van der Waals surface area contributed by atoms with Gasteiger partial charge in [0, 0.05) is 12.7 Å². The molecule has 0 aromatic rings. The van der Waals surface area contributed by atoms with Crippen LogP contribution >= 0.6 is 0 Å². The van der Waals surface area contributed by atoms with Crippen molar-refractivity contribution < 1.29 is 8.85 Å². The van der Waals surface area contributed by atoms with Crippen molar-refractivity contribution in [1.29, 1.82) is 0 Å². The van der Waals surface area contributed by atoms with Crippen LogP contribution in [0, 0.1) is 0 Å². The predicted octanol–water partition coefficient (Wildman–Crippen LogP) is 9.71. The molecule has 1 atom stereocenters. The molecule has 0 spiro atoms. The van der Waals surface area contributed by atoms with E-state index in [2.05, 4.69) is 74.7 Å². The highest BCUT2D eigenvalue weighted by molar-refractivity contribution is 6.74. The summed E-state index contributed by atoms with van der Waals surface area (Å²) in [6, 6.07) is 0. The van der Waals surface area contributed by atoms with Gasteiger partial charge in [0.25, 0.3) is 0 Å². The maximum absolute atomic E-state index is 6.85. The molecule has 30 heavy (non-hydrogen) atoms. The summed E-state index contributed by atoms with van der Waals surface area (Å²) in [6.07, 6.45) is 15.1. The predicted molar refractivity (Wildman–Crippen MR) is 142 cm³/mol. The normalized spacial score (nSPS) is 14.9. The first kappa shape index (κ1) is 30.4. The second kappa shape index (κ2) is 13.8. The van der Waals surface area contributed by atoms with Crippen LogP contribution in [0.25, 0.3) is 0 Å². The van der Waals surface area contributed by atoms with E-state index < -0.39 is 16.6 Å². The molecule has 0 unspecified atom stereocenters. The van der Waals surface area contributed by atoms with Crippen LogP contribution in [0.15, 0.2) is 0 Å². The van der Waals surface area contributed by atoms with Gasteiger partial charge in [0.15, 0.2) is 16.6 Å². The van der Waals surface area contributed by atoms with E-state index in [1.54, 1.807) is 0 Å². The molecule has 0 amide bonds. The van der Waals surface area contributed by atoms with E-state index in [1.165, 1.54) is 64.2 Å². The van der Waals surface area contributed by atoms with Crippen molar-refractivity contribution in [3.63, 3.8) is 0 Å². The highest BCUT2D eigenvalue weighted by Crippen LogP contribution is 2.39. The first-order valence-electron chi connectivity index (χ1n) is 13.0. The standard InChI is InChI=1S/C26H58O2Si2/c1-12-13-14-15-16-17-18-19-20-21-24(28-30(10,11)26(5,6)7)22-23-27-29(8,9)25(2,3)4/h24H,12-23H2,1-11H3/t24-/m0/s1. The largest absolute Gasteiger partial charge is 0.417 e. The molecule has 0 aromatic carbocycles. The molecule has 0 aliphatic rings. The zero-order valence-electron chi connectivity index (χ0n) is 22.9. The molecule has 0 saturated heterocycles. The molecular weight excluding hydrogens is 400 g/mol. The number of hydrogen-bond acceptors (Lipinski definition) is 2. The fraction of sp³-hybridized carbons (Fsp3) is 1.00. The van der Waals surface area contributed by atoms with E-state index in [9.17, 15) is 0 Å². The summed E-state index contributed by atoms with van der Waals surface area (Å²) in [5, 5.41) is 0.546. The van der Waals surface area contributed by atoms with Gasteiger partial charge in [-0.2, -0.15) is 0 Å². The van der Waals surface area contributed by atoms with Crippen LogP contribution in [0.3, 0.4) is 0 Å². The molecule has 182 valence electrons. The lowest BCUT2D eigenvalue weighted by Crippen LogP contribution is -2.45. The van der Waals surface area contributed by atoms with E-state index in [-0.39, 0.29) is 10.1 Å². The van der Waals surface area contributed by atoms with Gasteiger partial charge < -0.3 is 8.85 Å². The fourth-order valence-corrected chi connectivity index (χ4v) is 5.68. The SMILES string of the molecule is CCCCCCCCCCC[C@@H](CCO[Si](C)(C)C(C)(C)C)O[Si](C)(C)C(C)(C)C.